The maximum atomic E-state index is 7.75. The van der Waals surface area contributed by atoms with Crippen molar-refractivity contribution in [3.63, 3.8) is 0 Å². The Bertz CT molecular complexity index is 943. The number of fused-ring (bicyclic) bond motifs is 2. The molecule has 2 aromatic carbocycles. The monoisotopic (exact) mass is 503 g/mol. The Balaban J connectivity index is 1.61. The minimum atomic E-state index is -4.12. The first-order chi connectivity index (χ1) is 14.0. The first-order valence-electron chi connectivity index (χ1n) is 11.1. The van der Waals surface area contributed by atoms with Gasteiger partial charge in [0.15, 0.2) is 0 Å². The summed E-state index contributed by atoms with van der Waals surface area (Å²) in [5.41, 5.74) is 5.49. The molecule has 2 aromatic rings. The van der Waals surface area contributed by atoms with Crippen LogP contribution in [0, 0.1) is 0 Å². The number of hydrogen-bond acceptors (Lipinski definition) is 0. The van der Waals surface area contributed by atoms with E-state index in [-0.39, 0.29) is 3.63 Å². The van der Waals surface area contributed by atoms with Crippen LogP contribution in [0.1, 0.15) is 71.3 Å². The fraction of sp³-hybridized carbons (Fsp3) is 0.385. The van der Waals surface area contributed by atoms with Gasteiger partial charge in [-0.1, -0.05) is 0 Å². The van der Waals surface area contributed by atoms with Crippen molar-refractivity contribution in [3.05, 3.63) is 82.9 Å². The van der Waals surface area contributed by atoms with Crippen LogP contribution in [0.25, 0.3) is 12.2 Å². The van der Waals surface area contributed by atoms with Crippen LogP contribution in [-0.4, -0.2) is 0 Å². The Labute approximate surface area is 184 Å². The summed E-state index contributed by atoms with van der Waals surface area (Å²) in [5, 5.41) is 0. The van der Waals surface area contributed by atoms with E-state index in [1.165, 1.54) is 22.3 Å². The van der Waals surface area contributed by atoms with Crippen molar-refractivity contribution in [2.45, 2.75) is 56.8 Å². The van der Waals surface area contributed by atoms with Gasteiger partial charge in [0.25, 0.3) is 0 Å². The molecule has 0 N–H and O–H groups in total. The van der Waals surface area contributed by atoms with Crippen molar-refractivity contribution in [2.24, 2.45) is 0 Å². The van der Waals surface area contributed by atoms with Gasteiger partial charge in [-0.05, 0) is 0 Å². The Morgan fingerprint density at radius 3 is 2.14 bits per heavy atom. The van der Waals surface area contributed by atoms with Gasteiger partial charge in [0.2, 0.25) is 0 Å². The second-order valence-electron chi connectivity index (χ2n) is 8.83. The van der Waals surface area contributed by atoms with E-state index >= 15 is 0 Å². The van der Waals surface area contributed by atoms with Crippen LogP contribution < -0.4 is 0 Å². The molecule has 29 heavy (non-hydrogen) atoms. The summed E-state index contributed by atoms with van der Waals surface area (Å²) < 4.78 is 1.62. The van der Waals surface area contributed by atoms with Crippen LogP contribution in [0.2, 0.25) is 7.75 Å². The summed E-state index contributed by atoms with van der Waals surface area (Å²) in [4.78, 5) is 0. The number of benzene rings is 2. The molecule has 3 unspecified atom stereocenters. The molecule has 0 nitrogen and oxygen atoms in total. The summed E-state index contributed by atoms with van der Waals surface area (Å²) in [6, 6.07) is 17.5. The molecular weight excluding hydrogens is 474 g/mol. The topological polar surface area (TPSA) is 0 Å². The molecule has 0 amide bonds. The van der Waals surface area contributed by atoms with Crippen LogP contribution in [0.5, 0.6) is 0 Å². The number of hydrogen-bond donors (Lipinski definition) is 0. The molecule has 3 atom stereocenters. The zero-order valence-corrected chi connectivity index (χ0v) is 21.4. The summed E-state index contributed by atoms with van der Waals surface area (Å²) in [5.74, 6) is 0.501. The van der Waals surface area contributed by atoms with E-state index < -0.39 is 16.4 Å². The molecule has 0 heterocycles. The van der Waals surface area contributed by atoms with Crippen LogP contribution in [0.15, 0.2) is 60.7 Å². The van der Waals surface area contributed by atoms with Crippen molar-refractivity contribution in [1.82, 2.24) is 0 Å². The molecule has 0 fully saturated rings. The van der Waals surface area contributed by atoms with Crippen molar-refractivity contribution >= 4 is 29.2 Å². The van der Waals surface area contributed by atoms with E-state index in [0.29, 0.717) is 9.54 Å². The van der Waals surface area contributed by atoms with E-state index in [9.17, 15) is 0 Å². The van der Waals surface area contributed by atoms with Crippen molar-refractivity contribution in [1.29, 1.82) is 0 Å². The Morgan fingerprint density at radius 2 is 1.45 bits per heavy atom. The minimum absolute atomic E-state index is 0.240. The average molecular weight is 506 g/mol. The third-order valence-corrected chi connectivity index (χ3v) is 30.1. The molecule has 0 saturated heterocycles. The number of halogens is 2. The number of rotatable bonds is 8. The molecule has 0 saturated carbocycles. The van der Waals surface area contributed by atoms with Crippen molar-refractivity contribution < 1.29 is 16.4 Å². The second kappa shape index (κ2) is 8.49. The fourth-order valence-electron chi connectivity index (χ4n) is 5.56. The molecule has 0 radical (unpaired) electrons. The predicted molar refractivity (Wildman–Crippen MR) is 127 cm³/mol. The normalized spacial score (nSPS) is 22.1. The second-order valence-corrected chi connectivity index (χ2v) is 32.4. The third-order valence-electron chi connectivity index (χ3n) is 7.31. The van der Waals surface area contributed by atoms with E-state index in [1.807, 2.05) is 0 Å². The molecular formula is C26H31Cl2Zr. The first-order valence-corrected chi connectivity index (χ1v) is 22.0. The summed E-state index contributed by atoms with van der Waals surface area (Å²) in [6.07, 6.45) is 13.8. The van der Waals surface area contributed by atoms with Gasteiger partial charge in [-0.2, -0.15) is 0 Å². The van der Waals surface area contributed by atoms with Gasteiger partial charge in [0.1, 0.15) is 0 Å². The van der Waals surface area contributed by atoms with E-state index in [0.717, 1.165) is 29.8 Å². The van der Waals surface area contributed by atoms with E-state index in [4.69, 9.17) is 17.0 Å². The van der Waals surface area contributed by atoms with Gasteiger partial charge in [-0.15, -0.1) is 0 Å². The molecule has 3 heteroatoms. The molecule has 2 aliphatic carbocycles. The summed E-state index contributed by atoms with van der Waals surface area (Å²) >= 11 is -4.12. The molecule has 0 aliphatic heterocycles. The van der Waals surface area contributed by atoms with E-state index in [1.54, 1.807) is 0 Å². The molecule has 0 aromatic heterocycles. The van der Waals surface area contributed by atoms with Crippen LogP contribution in [-0.2, 0) is 16.4 Å². The molecule has 4 rings (SSSR count). The zero-order chi connectivity index (χ0) is 20.5. The Hall–Kier alpha value is -0.617. The van der Waals surface area contributed by atoms with Crippen LogP contribution in [0.3, 0.4) is 0 Å². The summed E-state index contributed by atoms with van der Waals surface area (Å²) in [6.45, 7) is 4.52. The molecule has 2 aliphatic rings. The first kappa shape index (κ1) is 21.6. The Morgan fingerprint density at radius 1 is 0.828 bits per heavy atom. The fourth-order valence-corrected chi connectivity index (χ4v) is 21.6. The summed E-state index contributed by atoms with van der Waals surface area (Å²) in [7, 11) is 15.5. The quantitative estimate of drug-likeness (QED) is 0.335. The number of allylic oxidation sites excluding steroid dienone is 2. The SMILES string of the molecule is CCC[CH](CCC1C=Cc2ccccc21)[Zr]([Cl])([Cl])([CH2]C)[CH]1C=Cc2ccccc21. The molecule has 0 bridgehead atoms. The van der Waals surface area contributed by atoms with Crippen molar-refractivity contribution in [2.75, 3.05) is 0 Å². The Kier molecular flexibility index (Phi) is 6.33. The van der Waals surface area contributed by atoms with Gasteiger partial charge < -0.3 is 0 Å². The molecule has 153 valence electrons. The maximum absolute atomic E-state index is 7.75. The van der Waals surface area contributed by atoms with Gasteiger partial charge in [0, 0.05) is 0 Å². The van der Waals surface area contributed by atoms with Crippen molar-refractivity contribution in [3.8, 4) is 0 Å². The molecule has 0 spiro atoms. The predicted octanol–water partition coefficient (Wildman–Crippen LogP) is 9.37. The third kappa shape index (κ3) is 3.89. The van der Waals surface area contributed by atoms with Gasteiger partial charge in [0.05, 0.1) is 0 Å². The van der Waals surface area contributed by atoms with Gasteiger partial charge in [-0.3, -0.25) is 0 Å². The standard InChI is InChI=1S/C15H19.C9H7.C2H5.2ClH.Zr/c1-2-3-4-5-8-13-11-12-14-9-6-7-10-15(13)14;1-2-5-9-7-3-6-8(9)4-1;1-2;;;/h4,6-7,9-13H,2-3,5,8H2,1H3;1-7H;1H2,2H3;2*1H;/q;;;;;+2/p-2. The zero-order valence-electron chi connectivity index (χ0n) is 17.5. The van der Waals surface area contributed by atoms with Gasteiger partial charge in [-0.25, -0.2) is 0 Å². The van der Waals surface area contributed by atoms with Crippen LogP contribution >= 0.6 is 17.0 Å². The average Bonchev–Trinajstić information content (AvgIpc) is 3.36. The van der Waals surface area contributed by atoms with Crippen LogP contribution in [0.4, 0.5) is 0 Å². The van der Waals surface area contributed by atoms with Gasteiger partial charge >= 0.3 is 185 Å². The van der Waals surface area contributed by atoms with E-state index in [2.05, 4.69) is 86.7 Å².